The number of Topliss-reactive ketones (excluding diaryl/α,β-unsaturated/α-hetero) is 1. The highest BCUT2D eigenvalue weighted by atomic mass is 16.2. The van der Waals surface area contributed by atoms with Crippen molar-refractivity contribution in [3.05, 3.63) is 64.7 Å². The summed E-state index contributed by atoms with van der Waals surface area (Å²) in [6, 6.07) is 15.2. The Hall–Kier alpha value is -3.13. The first kappa shape index (κ1) is 18.7. The molecule has 5 heteroatoms. The van der Waals surface area contributed by atoms with Gasteiger partial charge < -0.3 is 9.80 Å². The number of hydrogen-bond acceptors (Lipinski definition) is 4. The second-order valence-electron chi connectivity index (χ2n) is 6.87. The van der Waals surface area contributed by atoms with Gasteiger partial charge in [-0.3, -0.25) is 9.59 Å². The first-order chi connectivity index (χ1) is 13.0. The van der Waals surface area contributed by atoms with Gasteiger partial charge in [0.25, 0.3) is 0 Å². The molecule has 1 saturated heterocycles. The normalized spacial score (nSPS) is 14.0. The first-order valence-electron chi connectivity index (χ1n) is 9.12. The van der Waals surface area contributed by atoms with Crippen molar-refractivity contribution in [1.29, 1.82) is 5.26 Å². The molecule has 0 N–H and O–H groups in total. The quantitative estimate of drug-likeness (QED) is 0.786. The fourth-order valence-corrected chi connectivity index (χ4v) is 3.44. The van der Waals surface area contributed by atoms with Gasteiger partial charge in [-0.2, -0.15) is 5.26 Å². The Morgan fingerprint density at radius 2 is 1.78 bits per heavy atom. The van der Waals surface area contributed by atoms with E-state index in [2.05, 4.69) is 11.0 Å². The van der Waals surface area contributed by atoms with Gasteiger partial charge in [0.15, 0.2) is 5.78 Å². The standard InChI is InChI=1S/C22H23N3O2/c1-16-5-3-4-6-19(16)14-22(27)25-11-9-24(10-12-25)21-13-18(15-23)7-8-20(21)17(2)26/h3-8,13H,9-12,14H2,1-2H3. The molecule has 138 valence electrons. The maximum absolute atomic E-state index is 12.6. The van der Waals surface area contributed by atoms with Crippen LogP contribution in [0.1, 0.15) is 34.0 Å². The number of rotatable bonds is 4. The van der Waals surface area contributed by atoms with E-state index in [1.165, 1.54) is 6.92 Å². The second-order valence-corrected chi connectivity index (χ2v) is 6.87. The number of aryl methyl sites for hydroxylation is 1. The maximum Gasteiger partial charge on any atom is 0.227 e. The summed E-state index contributed by atoms with van der Waals surface area (Å²) in [5, 5.41) is 9.16. The summed E-state index contributed by atoms with van der Waals surface area (Å²) < 4.78 is 0. The Morgan fingerprint density at radius 1 is 1.07 bits per heavy atom. The number of ketones is 1. The van der Waals surface area contributed by atoms with Crippen LogP contribution in [0, 0.1) is 18.3 Å². The third-order valence-electron chi connectivity index (χ3n) is 5.08. The number of anilines is 1. The highest BCUT2D eigenvalue weighted by molar-refractivity contribution is 6.00. The molecule has 0 saturated carbocycles. The Kier molecular flexibility index (Phi) is 5.56. The zero-order valence-electron chi connectivity index (χ0n) is 15.7. The van der Waals surface area contributed by atoms with E-state index in [4.69, 9.17) is 5.26 Å². The van der Waals surface area contributed by atoms with Crippen molar-refractivity contribution in [2.45, 2.75) is 20.3 Å². The van der Waals surface area contributed by atoms with Gasteiger partial charge in [-0.1, -0.05) is 24.3 Å². The Labute approximate surface area is 159 Å². The molecule has 0 aromatic heterocycles. The summed E-state index contributed by atoms with van der Waals surface area (Å²) in [6.45, 7) is 6.07. The van der Waals surface area contributed by atoms with Crippen molar-refractivity contribution in [3.8, 4) is 6.07 Å². The third-order valence-corrected chi connectivity index (χ3v) is 5.08. The number of amides is 1. The predicted octanol–water partition coefficient (Wildman–Crippen LogP) is 2.96. The lowest BCUT2D eigenvalue weighted by Crippen LogP contribution is -2.49. The molecular formula is C22H23N3O2. The monoisotopic (exact) mass is 361 g/mol. The van der Waals surface area contributed by atoms with Crippen molar-refractivity contribution in [3.63, 3.8) is 0 Å². The molecule has 0 atom stereocenters. The van der Waals surface area contributed by atoms with E-state index in [1.54, 1.807) is 18.2 Å². The zero-order valence-corrected chi connectivity index (χ0v) is 15.7. The van der Waals surface area contributed by atoms with E-state index >= 15 is 0 Å². The number of carbonyl (C=O) groups is 2. The smallest absolute Gasteiger partial charge is 0.227 e. The molecule has 0 radical (unpaired) electrons. The molecule has 1 aliphatic rings. The van der Waals surface area contributed by atoms with Gasteiger partial charge in [0.05, 0.1) is 18.1 Å². The molecule has 1 amide bonds. The Balaban J connectivity index is 1.69. The first-order valence-corrected chi connectivity index (χ1v) is 9.12. The Bertz CT molecular complexity index is 906. The summed E-state index contributed by atoms with van der Waals surface area (Å²) in [5.41, 5.74) is 4.13. The van der Waals surface area contributed by atoms with E-state index < -0.39 is 0 Å². The van der Waals surface area contributed by atoms with Crippen LogP contribution in [0.25, 0.3) is 0 Å². The van der Waals surface area contributed by atoms with Gasteiger partial charge in [-0.05, 0) is 43.2 Å². The average Bonchev–Trinajstić information content (AvgIpc) is 2.69. The lowest BCUT2D eigenvalue weighted by molar-refractivity contribution is -0.130. The topological polar surface area (TPSA) is 64.4 Å². The van der Waals surface area contributed by atoms with E-state index in [-0.39, 0.29) is 11.7 Å². The summed E-state index contributed by atoms with van der Waals surface area (Å²) in [4.78, 5) is 28.6. The minimum Gasteiger partial charge on any atom is -0.367 e. The van der Waals surface area contributed by atoms with Gasteiger partial charge >= 0.3 is 0 Å². The van der Waals surface area contributed by atoms with Crippen molar-refractivity contribution in [2.75, 3.05) is 31.1 Å². The SMILES string of the molecule is CC(=O)c1ccc(C#N)cc1N1CCN(C(=O)Cc2ccccc2C)CC1. The van der Waals surface area contributed by atoms with Crippen LogP contribution in [-0.4, -0.2) is 42.8 Å². The average molecular weight is 361 g/mol. The third kappa shape index (κ3) is 4.17. The lowest BCUT2D eigenvalue weighted by Gasteiger charge is -2.37. The van der Waals surface area contributed by atoms with Crippen LogP contribution in [0.15, 0.2) is 42.5 Å². The number of nitriles is 1. The lowest BCUT2D eigenvalue weighted by atomic mass is 10.0. The minimum atomic E-state index is -0.0208. The molecule has 0 bridgehead atoms. The van der Waals surface area contributed by atoms with Gasteiger partial charge in [-0.15, -0.1) is 0 Å². The maximum atomic E-state index is 12.6. The van der Waals surface area contributed by atoms with E-state index in [0.717, 1.165) is 16.8 Å². The summed E-state index contributed by atoms with van der Waals surface area (Å²) in [5.74, 6) is 0.106. The van der Waals surface area contributed by atoms with Crippen molar-refractivity contribution < 1.29 is 9.59 Å². The summed E-state index contributed by atoms with van der Waals surface area (Å²) in [7, 11) is 0. The summed E-state index contributed by atoms with van der Waals surface area (Å²) >= 11 is 0. The number of carbonyl (C=O) groups excluding carboxylic acids is 2. The van der Waals surface area contributed by atoms with Crippen LogP contribution in [0.5, 0.6) is 0 Å². The van der Waals surface area contributed by atoms with Crippen molar-refractivity contribution >= 4 is 17.4 Å². The molecule has 0 spiro atoms. The van der Waals surface area contributed by atoms with Gasteiger partial charge in [0.1, 0.15) is 0 Å². The molecule has 27 heavy (non-hydrogen) atoms. The molecule has 0 aliphatic carbocycles. The van der Waals surface area contributed by atoms with Crippen LogP contribution >= 0.6 is 0 Å². The molecular weight excluding hydrogens is 338 g/mol. The molecule has 1 heterocycles. The Morgan fingerprint density at radius 3 is 2.41 bits per heavy atom. The number of nitrogens with zero attached hydrogens (tertiary/aromatic N) is 3. The van der Waals surface area contributed by atoms with Crippen LogP contribution < -0.4 is 4.90 Å². The fraction of sp³-hybridized carbons (Fsp3) is 0.318. The summed E-state index contributed by atoms with van der Waals surface area (Å²) in [6.07, 6.45) is 0.412. The minimum absolute atomic E-state index is 0.0208. The van der Waals surface area contributed by atoms with E-state index in [9.17, 15) is 9.59 Å². The van der Waals surface area contributed by atoms with Gasteiger partial charge in [0, 0.05) is 37.4 Å². The van der Waals surface area contributed by atoms with Crippen LogP contribution in [-0.2, 0) is 11.2 Å². The molecule has 5 nitrogen and oxygen atoms in total. The number of piperazine rings is 1. The van der Waals surface area contributed by atoms with E-state index in [0.29, 0.717) is 43.7 Å². The van der Waals surface area contributed by atoms with Gasteiger partial charge in [-0.25, -0.2) is 0 Å². The van der Waals surface area contributed by atoms with E-state index in [1.807, 2.05) is 36.1 Å². The molecule has 1 fully saturated rings. The highest BCUT2D eigenvalue weighted by Crippen LogP contribution is 2.24. The van der Waals surface area contributed by atoms with Crippen LogP contribution in [0.2, 0.25) is 0 Å². The molecule has 3 rings (SSSR count). The fourth-order valence-electron chi connectivity index (χ4n) is 3.44. The van der Waals surface area contributed by atoms with Crippen molar-refractivity contribution in [2.24, 2.45) is 0 Å². The molecule has 2 aromatic rings. The zero-order chi connectivity index (χ0) is 19.4. The molecule has 1 aliphatic heterocycles. The second kappa shape index (κ2) is 8.05. The van der Waals surface area contributed by atoms with Gasteiger partial charge in [0.2, 0.25) is 5.91 Å². The number of hydrogen-bond donors (Lipinski definition) is 0. The predicted molar refractivity (Wildman–Crippen MR) is 105 cm³/mol. The van der Waals surface area contributed by atoms with Crippen molar-refractivity contribution in [1.82, 2.24) is 4.90 Å². The molecule has 2 aromatic carbocycles. The number of benzene rings is 2. The van der Waals surface area contributed by atoms with Crippen LogP contribution in [0.4, 0.5) is 5.69 Å². The largest absolute Gasteiger partial charge is 0.367 e. The van der Waals surface area contributed by atoms with Crippen LogP contribution in [0.3, 0.4) is 0 Å². The molecule has 0 unspecified atom stereocenters. The highest BCUT2D eigenvalue weighted by Gasteiger charge is 2.24.